The first-order chi connectivity index (χ1) is 20.3. The molecule has 0 saturated heterocycles. The number of carbonyl (C=O) groups is 2. The van der Waals surface area contributed by atoms with Gasteiger partial charge in [-0.25, -0.2) is 4.79 Å². The Morgan fingerprint density at radius 3 is 2.05 bits per heavy atom. The number of unbranched alkanes of at least 4 members (excludes halogenated alkanes) is 11. The lowest BCUT2D eigenvalue weighted by Crippen LogP contribution is -2.65. The summed E-state index contributed by atoms with van der Waals surface area (Å²) < 4.78 is 11.2. The van der Waals surface area contributed by atoms with Gasteiger partial charge in [0.05, 0.1) is 18.8 Å². The third kappa shape index (κ3) is 5.98. The molecule has 0 amide bonds. The maximum absolute atomic E-state index is 13.2. The molecule has 0 aromatic heterocycles. The van der Waals surface area contributed by atoms with E-state index in [-0.39, 0.29) is 19.6 Å². The lowest BCUT2D eigenvalue weighted by molar-refractivity contribution is -0.212. The molecule has 0 aromatic carbocycles. The molecular weight excluding hydrogens is 548 g/mol. The average molecular weight is 605 g/mol. The van der Waals surface area contributed by atoms with Crippen LogP contribution < -0.4 is 0 Å². The van der Waals surface area contributed by atoms with Gasteiger partial charge in [0.1, 0.15) is 17.3 Å². The van der Waals surface area contributed by atoms with Gasteiger partial charge >= 0.3 is 6.16 Å². The lowest BCUT2D eigenvalue weighted by Gasteiger charge is -2.52. The minimum atomic E-state index is -1.93. The van der Waals surface area contributed by atoms with E-state index >= 15 is 0 Å². The van der Waals surface area contributed by atoms with Crippen LogP contribution in [0, 0.1) is 29.1 Å². The highest BCUT2D eigenvalue weighted by Crippen LogP contribution is 2.75. The number of hydrogen-bond acceptors (Lipinski definition) is 8. The molecule has 0 spiro atoms. The van der Waals surface area contributed by atoms with Crippen molar-refractivity contribution >= 4 is 11.9 Å². The van der Waals surface area contributed by atoms with Crippen LogP contribution in [0.4, 0.5) is 4.79 Å². The van der Waals surface area contributed by atoms with Gasteiger partial charge in [-0.05, 0) is 24.5 Å². The molecule has 2 saturated carbocycles. The first-order valence-corrected chi connectivity index (χ1v) is 16.9. The third-order valence-electron chi connectivity index (χ3n) is 11.4. The van der Waals surface area contributed by atoms with E-state index in [2.05, 4.69) is 6.92 Å². The summed E-state index contributed by atoms with van der Waals surface area (Å²) in [7, 11) is 0. The summed E-state index contributed by atoms with van der Waals surface area (Å²) in [5.41, 5.74) is -5.03. The quantitative estimate of drug-likeness (QED) is 0.105. The topological polar surface area (TPSA) is 134 Å². The van der Waals surface area contributed by atoms with E-state index in [4.69, 9.17) is 9.47 Å². The van der Waals surface area contributed by atoms with Crippen molar-refractivity contribution in [3.8, 4) is 0 Å². The van der Waals surface area contributed by atoms with Gasteiger partial charge in [-0.3, -0.25) is 4.79 Å². The van der Waals surface area contributed by atoms with Gasteiger partial charge in [0.2, 0.25) is 0 Å². The van der Waals surface area contributed by atoms with Crippen LogP contribution in [0.3, 0.4) is 0 Å². The predicted molar refractivity (Wildman–Crippen MR) is 164 cm³/mol. The van der Waals surface area contributed by atoms with E-state index in [0.29, 0.717) is 11.1 Å². The van der Waals surface area contributed by atoms with Gasteiger partial charge in [0, 0.05) is 35.5 Å². The second-order valence-electron chi connectivity index (χ2n) is 14.5. The predicted octanol–water partition coefficient (Wildman–Crippen LogP) is 5.79. The molecule has 8 atom stereocenters. The fourth-order valence-electron chi connectivity index (χ4n) is 8.84. The van der Waals surface area contributed by atoms with Crippen LogP contribution in [-0.2, 0) is 14.3 Å². The van der Waals surface area contributed by atoms with Gasteiger partial charge in [0.15, 0.2) is 5.78 Å². The Morgan fingerprint density at radius 2 is 1.49 bits per heavy atom. The van der Waals surface area contributed by atoms with Crippen LogP contribution in [0.5, 0.6) is 0 Å². The highest BCUT2D eigenvalue weighted by molar-refractivity contribution is 6.04. The van der Waals surface area contributed by atoms with E-state index < -0.39 is 63.9 Å². The third-order valence-corrected chi connectivity index (χ3v) is 11.4. The summed E-state index contributed by atoms with van der Waals surface area (Å²) in [5.74, 6) is -3.51. The van der Waals surface area contributed by atoms with Crippen molar-refractivity contribution in [2.45, 2.75) is 141 Å². The number of rotatable bonds is 15. The van der Waals surface area contributed by atoms with Gasteiger partial charge in [-0.15, -0.1) is 0 Å². The lowest BCUT2D eigenvalue weighted by atomic mass is 9.59. The fraction of sp³-hybridized carbons (Fsp3) is 0.829. The van der Waals surface area contributed by atoms with Gasteiger partial charge in [-0.2, -0.15) is 0 Å². The fourth-order valence-corrected chi connectivity index (χ4v) is 8.84. The van der Waals surface area contributed by atoms with E-state index in [9.17, 15) is 30.0 Å². The van der Waals surface area contributed by atoms with Crippen LogP contribution in [0.25, 0.3) is 0 Å². The highest BCUT2D eigenvalue weighted by atomic mass is 16.7. The van der Waals surface area contributed by atoms with E-state index in [1.807, 2.05) is 13.8 Å². The maximum Gasteiger partial charge on any atom is 0.508 e. The second-order valence-corrected chi connectivity index (χ2v) is 14.5. The SMILES string of the molecule is CCCCCCCCCCCCCCOC(=O)O[C@@H]1[C@@H](C)[C@@]2(O)[C@@H](C=C(CO)C[C@]3(O)C(=O)C(C)=C[C@@H]23)[C@H]2C(C)(C)[C@]12O. The van der Waals surface area contributed by atoms with Crippen molar-refractivity contribution < 1.29 is 39.5 Å². The Bertz CT molecular complexity index is 1080. The van der Waals surface area contributed by atoms with E-state index in [1.165, 1.54) is 57.8 Å². The molecule has 0 bridgehead atoms. The molecule has 8 heteroatoms. The van der Waals surface area contributed by atoms with Crippen LogP contribution in [-0.4, -0.2) is 68.5 Å². The zero-order valence-electron chi connectivity index (χ0n) is 27.1. The normalized spacial score (nSPS) is 37.4. The second kappa shape index (κ2) is 13.3. The van der Waals surface area contributed by atoms with Crippen LogP contribution in [0.15, 0.2) is 23.3 Å². The molecule has 4 aliphatic rings. The summed E-state index contributed by atoms with van der Waals surface area (Å²) >= 11 is 0. The zero-order valence-corrected chi connectivity index (χ0v) is 27.1. The summed E-state index contributed by atoms with van der Waals surface area (Å²) in [6.07, 6.45) is 15.7. The van der Waals surface area contributed by atoms with Crippen LogP contribution >= 0.6 is 0 Å². The first kappa shape index (κ1) is 34.1. The molecule has 4 rings (SSSR count). The molecule has 4 N–H and O–H groups in total. The summed E-state index contributed by atoms with van der Waals surface area (Å²) in [6.45, 7) is 9.13. The van der Waals surface area contributed by atoms with Crippen molar-refractivity contribution in [2.75, 3.05) is 13.2 Å². The zero-order chi connectivity index (χ0) is 31.6. The minimum absolute atomic E-state index is 0.107. The Kier molecular flexibility index (Phi) is 10.6. The number of carbonyl (C=O) groups excluding carboxylic acids is 2. The minimum Gasteiger partial charge on any atom is -0.434 e. The Balaban J connectivity index is 1.34. The number of Topliss-reactive ketones (excluding diaryl/α,β-unsaturated/α-hetero) is 1. The van der Waals surface area contributed by atoms with Gasteiger partial charge in [0.25, 0.3) is 0 Å². The summed E-state index contributed by atoms with van der Waals surface area (Å²) in [6, 6.07) is 0. The van der Waals surface area contributed by atoms with Crippen molar-refractivity contribution in [2.24, 2.45) is 29.1 Å². The Morgan fingerprint density at radius 1 is 0.930 bits per heavy atom. The highest BCUT2D eigenvalue weighted by Gasteiger charge is 2.85. The van der Waals surface area contributed by atoms with E-state index in [1.54, 1.807) is 26.0 Å². The van der Waals surface area contributed by atoms with Crippen LogP contribution in [0.2, 0.25) is 0 Å². The maximum atomic E-state index is 13.2. The molecule has 43 heavy (non-hydrogen) atoms. The van der Waals surface area contributed by atoms with Crippen LogP contribution in [0.1, 0.15) is 118 Å². The van der Waals surface area contributed by atoms with E-state index in [0.717, 1.165) is 19.3 Å². The number of ketones is 1. The number of aliphatic hydroxyl groups is 4. The molecule has 0 radical (unpaired) electrons. The van der Waals surface area contributed by atoms with Gasteiger partial charge < -0.3 is 29.9 Å². The summed E-state index contributed by atoms with van der Waals surface area (Å²) in [4.78, 5) is 26.1. The first-order valence-electron chi connectivity index (χ1n) is 16.9. The van der Waals surface area contributed by atoms with Crippen molar-refractivity contribution in [3.05, 3.63) is 23.3 Å². The van der Waals surface area contributed by atoms with Gasteiger partial charge in [-0.1, -0.05) is 110 Å². The number of ether oxygens (including phenoxy) is 2. The number of hydrogen-bond donors (Lipinski definition) is 4. The van der Waals surface area contributed by atoms with Crippen molar-refractivity contribution in [1.29, 1.82) is 0 Å². The largest absolute Gasteiger partial charge is 0.508 e. The standard InChI is InChI=1S/C35H56O8/c1-6-7-8-9-10-11-12-13-14-15-16-17-18-42-31(38)43-30-24(3)34(40)26(28-32(4,5)35(28,30)41)20-25(22-36)21-33(39)27(34)19-23(2)29(33)37/h19-20,24,26-28,30,36,39-41H,6-18,21-22H2,1-5H3/t24-,26+,27-,28+,30-,33-,34-,35-/m1/s1. The molecule has 4 aliphatic carbocycles. The molecule has 0 heterocycles. The molecule has 2 fully saturated rings. The van der Waals surface area contributed by atoms with Crippen molar-refractivity contribution in [1.82, 2.24) is 0 Å². The summed E-state index contributed by atoms with van der Waals surface area (Å²) in [5, 5.41) is 46.3. The number of fused-ring (bicyclic) bond motifs is 5. The number of aliphatic hydroxyl groups excluding tert-OH is 1. The molecular formula is C35H56O8. The molecule has 0 unspecified atom stereocenters. The molecule has 244 valence electrons. The van der Waals surface area contributed by atoms with Crippen molar-refractivity contribution in [3.63, 3.8) is 0 Å². The molecule has 8 nitrogen and oxygen atoms in total. The Labute approximate surface area is 257 Å². The molecule has 0 aromatic rings. The smallest absolute Gasteiger partial charge is 0.434 e. The average Bonchev–Trinajstić information content (AvgIpc) is 3.36. The molecule has 0 aliphatic heterocycles. The monoisotopic (exact) mass is 604 g/mol. The Hall–Kier alpha value is -1.74.